The lowest BCUT2D eigenvalue weighted by Gasteiger charge is -2.06. The van der Waals surface area contributed by atoms with Crippen LogP contribution >= 0.6 is 11.8 Å². The number of methoxy groups -OCH3 is 1. The largest absolute Gasteiger partial charge is 0.497 e. The Morgan fingerprint density at radius 1 is 1.29 bits per heavy atom. The van der Waals surface area contributed by atoms with Crippen LogP contribution < -0.4 is 10.1 Å². The molecule has 1 N–H and O–H groups in total. The first kappa shape index (κ1) is 19.9. The minimum atomic E-state index is -0.314. The van der Waals surface area contributed by atoms with Crippen LogP contribution in [0.4, 0.5) is 4.39 Å². The van der Waals surface area contributed by atoms with Crippen molar-refractivity contribution in [3.8, 4) is 17.1 Å². The Bertz CT molecular complexity index is 961. The molecule has 0 saturated heterocycles. The molecule has 1 heterocycles. The van der Waals surface area contributed by atoms with E-state index in [1.165, 1.54) is 17.8 Å². The number of hydrogen-bond acceptors (Lipinski definition) is 6. The van der Waals surface area contributed by atoms with Gasteiger partial charge in [0.25, 0.3) is 0 Å². The molecule has 0 bridgehead atoms. The van der Waals surface area contributed by atoms with E-state index in [4.69, 9.17) is 9.26 Å². The molecule has 28 heavy (non-hydrogen) atoms. The lowest BCUT2D eigenvalue weighted by Crippen LogP contribution is -2.24. The summed E-state index contributed by atoms with van der Waals surface area (Å²) in [5, 5.41) is 6.72. The van der Waals surface area contributed by atoms with Gasteiger partial charge in [-0.1, -0.05) is 29.4 Å². The summed E-state index contributed by atoms with van der Waals surface area (Å²) < 4.78 is 24.0. The highest BCUT2D eigenvalue weighted by Crippen LogP contribution is 2.20. The van der Waals surface area contributed by atoms with Gasteiger partial charge in [0.1, 0.15) is 11.6 Å². The van der Waals surface area contributed by atoms with Gasteiger partial charge >= 0.3 is 0 Å². The molecule has 3 aromatic rings. The van der Waals surface area contributed by atoms with Crippen LogP contribution in [0.15, 0.2) is 47.0 Å². The van der Waals surface area contributed by atoms with Gasteiger partial charge in [-0.2, -0.15) is 4.98 Å². The van der Waals surface area contributed by atoms with Crippen molar-refractivity contribution in [2.24, 2.45) is 0 Å². The van der Waals surface area contributed by atoms with Crippen molar-refractivity contribution in [3.63, 3.8) is 0 Å². The van der Waals surface area contributed by atoms with E-state index in [1.807, 2.05) is 24.3 Å². The van der Waals surface area contributed by atoms with Crippen molar-refractivity contribution in [2.75, 3.05) is 12.9 Å². The van der Waals surface area contributed by atoms with Crippen molar-refractivity contribution in [1.29, 1.82) is 0 Å². The van der Waals surface area contributed by atoms with Crippen molar-refractivity contribution < 1.29 is 18.4 Å². The Hall–Kier alpha value is -2.87. The minimum Gasteiger partial charge on any atom is -0.497 e. The number of rotatable bonds is 8. The second kappa shape index (κ2) is 9.36. The molecule has 0 fully saturated rings. The van der Waals surface area contributed by atoms with Crippen LogP contribution in [-0.4, -0.2) is 28.9 Å². The molecule has 146 valence electrons. The molecule has 3 rings (SSSR count). The number of nitrogens with zero attached hydrogens (tertiary/aromatic N) is 2. The van der Waals surface area contributed by atoms with E-state index in [1.54, 1.807) is 26.2 Å². The number of amides is 1. The van der Waals surface area contributed by atoms with Gasteiger partial charge in [0.05, 0.1) is 18.6 Å². The number of halogens is 1. The third-order valence-corrected chi connectivity index (χ3v) is 4.90. The van der Waals surface area contributed by atoms with Crippen LogP contribution in [0.2, 0.25) is 0 Å². The summed E-state index contributed by atoms with van der Waals surface area (Å²) in [6.45, 7) is 2.12. The highest BCUT2D eigenvalue weighted by molar-refractivity contribution is 7.99. The van der Waals surface area contributed by atoms with Crippen LogP contribution in [0.1, 0.15) is 17.0 Å². The summed E-state index contributed by atoms with van der Waals surface area (Å²) >= 11 is 1.36. The Morgan fingerprint density at radius 3 is 2.93 bits per heavy atom. The zero-order valence-corrected chi connectivity index (χ0v) is 16.4. The molecule has 0 atom stereocenters. The number of nitrogens with one attached hydrogen (secondary N) is 1. The summed E-state index contributed by atoms with van der Waals surface area (Å²) in [6, 6.07) is 12.3. The van der Waals surface area contributed by atoms with Crippen LogP contribution in [-0.2, 0) is 17.1 Å². The van der Waals surface area contributed by atoms with Gasteiger partial charge in [0.2, 0.25) is 17.6 Å². The number of carbonyl (C=O) groups is 1. The van der Waals surface area contributed by atoms with Gasteiger partial charge < -0.3 is 14.6 Å². The topological polar surface area (TPSA) is 77.2 Å². The molecule has 0 aliphatic carbocycles. The van der Waals surface area contributed by atoms with Gasteiger partial charge in [0, 0.05) is 12.1 Å². The number of aromatic nitrogens is 2. The standard InChI is InChI=1S/C20H20FN3O3S/c1-13-6-7-15(9-17(13)21)20-23-19(27-24-20)12-28-11-18(25)22-10-14-4-3-5-16(8-14)26-2/h3-9H,10-12H2,1-2H3,(H,22,25). The first-order chi connectivity index (χ1) is 13.5. The molecular weight excluding hydrogens is 381 g/mol. The van der Waals surface area contributed by atoms with Crippen molar-refractivity contribution in [2.45, 2.75) is 19.2 Å². The third kappa shape index (κ3) is 5.32. The number of ether oxygens (including phenoxy) is 1. The average Bonchev–Trinajstić information content (AvgIpc) is 3.17. The fraction of sp³-hybridized carbons (Fsp3) is 0.250. The van der Waals surface area contributed by atoms with Crippen LogP contribution in [0, 0.1) is 12.7 Å². The second-order valence-electron chi connectivity index (χ2n) is 6.10. The number of benzene rings is 2. The molecule has 8 heteroatoms. The maximum Gasteiger partial charge on any atom is 0.236 e. The molecule has 0 aliphatic rings. The van der Waals surface area contributed by atoms with E-state index in [-0.39, 0.29) is 17.5 Å². The molecule has 0 unspecified atom stereocenters. The fourth-order valence-corrected chi connectivity index (χ4v) is 3.11. The molecule has 1 aromatic heterocycles. The maximum absolute atomic E-state index is 13.7. The smallest absolute Gasteiger partial charge is 0.236 e. The first-order valence-electron chi connectivity index (χ1n) is 8.61. The van der Waals surface area contributed by atoms with Gasteiger partial charge in [-0.3, -0.25) is 4.79 Å². The van der Waals surface area contributed by atoms with E-state index >= 15 is 0 Å². The monoisotopic (exact) mass is 401 g/mol. The van der Waals surface area contributed by atoms with Crippen molar-refractivity contribution in [1.82, 2.24) is 15.5 Å². The molecule has 2 aromatic carbocycles. The molecule has 0 spiro atoms. The summed E-state index contributed by atoms with van der Waals surface area (Å²) in [5.41, 5.74) is 2.08. The van der Waals surface area contributed by atoms with E-state index < -0.39 is 0 Å². The molecule has 1 amide bonds. The van der Waals surface area contributed by atoms with Gasteiger partial charge in [0.15, 0.2) is 0 Å². The molecule has 0 aliphatic heterocycles. The minimum absolute atomic E-state index is 0.0897. The predicted octanol–water partition coefficient (Wildman–Crippen LogP) is 3.74. The first-order valence-corrected chi connectivity index (χ1v) is 9.77. The zero-order chi connectivity index (χ0) is 19.9. The van der Waals surface area contributed by atoms with E-state index in [9.17, 15) is 9.18 Å². The Labute approximate surface area is 166 Å². The van der Waals surface area contributed by atoms with Crippen LogP contribution in [0.3, 0.4) is 0 Å². The van der Waals surface area contributed by atoms with E-state index in [0.717, 1.165) is 11.3 Å². The fourth-order valence-electron chi connectivity index (χ4n) is 2.43. The molecule has 0 saturated carbocycles. The van der Waals surface area contributed by atoms with Crippen LogP contribution in [0.25, 0.3) is 11.4 Å². The highest BCUT2D eigenvalue weighted by atomic mass is 32.2. The maximum atomic E-state index is 13.7. The predicted molar refractivity (Wildman–Crippen MR) is 105 cm³/mol. The zero-order valence-electron chi connectivity index (χ0n) is 15.6. The highest BCUT2D eigenvalue weighted by Gasteiger charge is 2.11. The Balaban J connectivity index is 1.45. The lowest BCUT2D eigenvalue weighted by atomic mass is 10.1. The number of thioether (sulfide) groups is 1. The number of hydrogen-bond donors (Lipinski definition) is 1. The van der Waals surface area contributed by atoms with Gasteiger partial charge in [-0.05, 0) is 36.2 Å². The summed E-state index contributed by atoms with van der Waals surface area (Å²) in [7, 11) is 1.60. The number of carbonyl (C=O) groups excluding carboxylic acids is 1. The molecule has 6 nitrogen and oxygen atoms in total. The lowest BCUT2D eigenvalue weighted by molar-refractivity contribution is -0.118. The summed E-state index contributed by atoms with van der Waals surface area (Å²) in [5.74, 6) is 1.73. The summed E-state index contributed by atoms with van der Waals surface area (Å²) in [6.07, 6.45) is 0. The molecule has 0 radical (unpaired) electrons. The Morgan fingerprint density at radius 2 is 2.14 bits per heavy atom. The second-order valence-corrected chi connectivity index (χ2v) is 7.08. The quantitative estimate of drug-likeness (QED) is 0.620. The summed E-state index contributed by atoms with van der Waals surface area (Å²) in [4.78, 5) is 16.2. The SMILES string of the molecule is COc1cccc(CNC(=O)CSCc2nc(-c3ccc(C)c(F)c3)no2)c1. The number of aryl methyl sites for hydroxylation is 1. The van der Waals surface area contributed by atoms with E-state index in [0.29, 0.717) is 35.1 Å². The third-order valence-electron chi connectivity index (χ3n) is 3.98. The van der Waals surface area contributed by atoms with Gasteiger partial charge in [-0.25, -0.2) is 4.39 Å². The average molecular weight is 401 g/mol. The Kier molecular flexibility index (Phi) is 6.65. The van der Waals surface area contributed by atoms with Crippen molar-refractivity contribution >= 4 is 17.7 Å². The molecular formula is C20H20FN3O3S. The van der Waals surface area contributed by atoms with Crippen molar-refractivity contribution in [3.05, 3.63) is 65.3 Å². The normalized spacial score (nSPS) is 10.7. The van der Waals surface area contributed by atoms with Crippen LogP contribution in [0.5, 0.6) is 5.75 Å². The van der Waals surface area contributed by atoms with Gasteiger partial charge in [-0.15, -0.1) is 11.8 Å². The van der Waals surface area contributed by atoms with E-state index in [2.05, 4.69) is 15.5 Å².